The maximum Gasteiger partial charge on any atom is 0.309 e. The van der Waals surface area contributed by atoms with E-state index < -0.39 is 5.97 Å². The average Bonchev–Trinajstić information content (AvgIpc) is 3.49. The molecule has 2 aromatic heterocycles. The standard InChI is InChI=1S/C26H23N3O2S/c30-25(31)19-15-29(16-19)14-17-6-8-18(9-7-17)23-27-21-10-11-22(28-24(21)32-23)26(12-13-26)20-4-2-1-3-5-20/h1-11,19H,12-16H2,(H,30,31). The lowest BCUT2D eigenvalue weighted by molar-refractivity contribution is -0.147. The van der Waals surface area contributed by atoms with Crippen LogP contribution in [0.3, 0.4) is 0 Å². The lowest BCUT2D eigenvalue weighted by Crippen LogP contribution is -2.49. The largest absolute Gasteiger partial charge is 0.481 e. The van der Waals surface area contributed by atoms with E-state index in [1.54, 1.807) is 11.3 Å². The van der Waals surface area contributed by atoms with Crippen LogP contribution < -0.4 is 0 Å². The summed E-state index contributed by atoms with van der Waals surface area (Å²) in [4.78, 5) is 24.0. The van der Waals surface area contributed by atoms with Crippen LogP contribution in [0.25, 0.3) is 20.9 Å². The third-order valence-electron chi connectivity index (χ3n) is 6.74. The van der Waals surface area contributed by atoms with Gasteiger partial charge in [-0.3, -0.25) is 9.69 Å². The molecule has 0 amide bonds. The highest BCUT2D eigenvalue weighted by molar-refractivity contribution is 7.21. The number of rotatable bonds is 6. The van der Waals surface area contributed by atoms with Gasteiger partial charge in [0.05, 0.1) is 11.6 Å². The molecule has 2 aromatic carbocycles. The molecule has 2 aliphatic rings. The monoisotopic (exact) mass is 441 g/mol. The van der Waals surface area contributed by atoms with Crippen molar-refractivity contribution in [1.82, 2.24) is 14.9 Å². The minimum absolute atomic E-state index is 0.0672. The third-order valence-corrected chi connectivity index (χ3v) is 7.75. The fourth-order valence-corrected chi connectivity index (χ4v) is 5.59. The van der Waals surface area contributed by atoms with Gasteiger partial charge in [-0.2, -0.15) is 0 Å². The summed E-state index contributed by atoms with van der Waals surface area (Å²) < 4.78 is 0. The Balaban J connectivity index is 1.21. The molecule has 1 saturated carbocycles. The van der Waals surface area contributed by atoms with Gasteiger partial charge in [-0.15, -0.1) is 0 Å². The summed E-state index contributed by atoms with van der Waals surface area (Å²) in [6.07, 6.45) is 2.29. The summed E-state index contributed by atoms with van der Waals surface area (Å²) in [5.41, 5.74) is 5.80. The number of likely N-dealkylation sites (tertiary alicyclic amines) is 1. The maximum absolute atomic E-state index is 11.0. The van der Waals surface area contributed by atoms with E-state index in [4.69, 9.17) is 15.1 Å². The Kier molecular flexibility index (Phi) is 4.59. The van der Waals surface area contributed by atoms with Crippen molar-refractivity contribution in [3.8, 4) is 10.6 Å². The third kappa shape index (κ3) is 3.40. The highest BCUT2D eigenvalue weighted by Gasteiger charge is 2.47. The topological polar surface area (TPSA) is 66.3 Å². The number of hydrogen-bond donors (Lipinski definition) is 1. The number of nitrogens with zero attached hydrogens (tertiary/aromatic N) is 3. The van der Waals surface area contributed by atoms with E-state index in [0.29, 0.717) is 13.1 Å². The van der Waals surface area contributed by atoms with E-state index in [-0.39, 0.29) is 11.3 Å². The molecular formula is C26H23N3O2S. The number of pyridine rings is 1. The molecule has 32 heavy (non-hydrogen) atoms. The molecule has 1 aliphatic carbocycles. The minimum atomic E-state index is -0.694. The van der Waals surface area contributed by atoms with E-state index in [1.807, 2.05) is 0 Å². The van der Waals surface area contributed by atoms with Gasteiger partial charge in [0.15, 0.2) is 0 Å². The highest BCUT2D eigenvalue weighted by Crippen LogP contribution is 2.53. The van der Waals surface area contributed by atoms with Gasteiger partial charge in [0.1, 0.15) is 15.4 Å². The molecule has 4 aromatic rings. The van der Waals surface area contributed by atoms with Crippen molar-refractivity contribution in [1.29, 1.82) is 0 Å². The van der Waals surface area contributed by atoms with Gasteiger partial charge >= 0.3 is 5.97 Å². The lowest BCUT2D eigenvalue weighted by Gasteiger charge is -2.36. The lowest BCUT2D eigenvalue weighted by atomic mass is 9.92. The normalized spacial score (nSPS) is 17.9. The van der Waals surface area contributed by atoms with Gasteiger partial charge in [-0.25, -0.2) is 9.97 Å². The molecular weight excluding hydrogens is 418 g/mol. The molecule has 6 rings (SSSR count). The van der Waals surface area contributed by atoms with Gasteiger partial charge in [0.25, 0.3) is 0 Å². The Morgan fingerprint density at radius 1 is 1.00 bits per heavy atom. The van der Waals surface area contributed by atoms with Gasteiger partial charge < -0.3 is 5.11 Å². The zero-order chi connectivity index (χ0) is 21.7. The van der Waals surface area contributed by atoms with Crippen molar-refractivity contribution in [3.63, 3.8) is 0 Å². The van der Waals surface area contributed by atoms with E-state index >= 15 is 0 Å². The number of fused-ring (bicyclic) bond motifs is 1. The van der Waals surface area contributed by atoms with Crippen LogP contribution in [0.5, 0.6) is 0 Å². The number of hydrogen-bond acceptors (Lipinski definition) is 5. The number of aromatic nitrogens is 2. The average molecular weight is 442 g/mol. The predicted molar refractivity (Wildman–Crippen MR) is 126 cm³/mol. The van der Waals surface area contributed by atoms with Crippen molar-refractivity contribution in [2.24, 2.45) is 5.92 Å². The molecule has 6 heteroatoms. The van der Waals surface area contributed by atoms with Crippen molar-refractivity contribution < 1.29 is 9.90 Å². The van der Waals surface area contributed by atoms with E-state index in [1.165, 1.54) is 11.1 Å². The van der Waals surface area contributed by atoms with Crippen LogP contribution in [0.1, 0.15) is 29.7 Å². The summed E-state index contributed by atoms with van der Waals surface area (Å²) >= 11 is 1.64. The van der Waals surface area contributed by atoms with Crippen LogP contribution in [-0.2, 0) is 16.8 Å². The summed E-state index contributed by atoms with van der Waals surface area (Å²) in [7, 11) is 0. The molecule has 5 nitrogen and oxygen atoms in total. The number of benzene rings is 2. The second-order valence-electron chi connectivity index (χ2n) is 8.91. The van der Waals surface area contributed by atoms with Crippen molar-refractivity contribution >= 4 is 27.7 Å². The van der Waals surface area contributed by atoms with Gasteiger partial charge in [0, 0.05) is 30.6 Å². The van der Waals surface area contributed by atoms with Gasteiger partial charge in [-0.1, -0.05) is 65.9 Å². The molecule has 1 aliphatic heterocycles. The van der Waals surface area contributed by atoms with Crippen LogP contribution in [0, 0.1) is 5.92 Å². The molecule has 1 N–H and O–H groups in total. The molecule has 0 bridgehead atoms. The van der Waals surface area contributed by atoms with Gasteiger partial charge in [0.2, 0.25) is 0 Å². The van der Waals surface area contributed by atoms with Crippen LogP contribution >= 0.6 is 11.3 Å². The summed E-state index contributed by atoms with van der Waals surface area (Å²) in [6.45, 7) is 2.05. The zero-order valence-electron chi connectivity index (χ0n) is 17.6. The molecule has 3 heterocycles. The first-order chi connectivity index (χ1) is 15.6. The second-order valence-corrected chi connectivity index (χ2v) is 9.89. The van der Waals surface area contributed by atoms with Crippen LogP contribution in [0.4, 0.5) is 0 Å². The summed E-state index contributed by atoms with van der Waals surface area (Å²) in [5.74, 6) is -0.911. The number of aliphatic carboxylic acids is 1. The first kappa shape index (κ1) is 19.6. The van der Waals surface area contributed by atoms with Crippen molar-refractivity contribution in [3.05, 3.63) is 83.6 Å². The minimum Gasteiger partial charge on any atom is -0.481 e. The SMILES string of the molecule is O=C(O)C1CN(Cc2ccc(-c3nc4ccc(C5(c6ccccc6)CC5)nc4s3)cc2)C1. The molecule has 0 atom stereocenters. The van der Waals surface area contributed by atoms with Crippen molar-refractivity contribution in [2.45, 2.75) is 24.8 Å². The predicted octanol–water partition coefficient (Wildman–Crippen LogP) is 4.95. The fraction of sp³-hybridized carbons (Fsp3) is 0.269. The number of carboxylic acid groups (broad SMARTS) is 1. The molecule has 0 radical (unpaired) electrons. The molecule has 2 fully saturated rings. The van der Waals surface area contributed by atoms with Crippen LogP contribution in [0.15, 0.2) is 66.7 Å². The highest BCUT2D eigenvalue weighted by atomic mass is 32.1. The Morgan fingerprint density at radius 2 is 1.75 bits per heavy atom. The first-order valence-electron chi connectivity index (χ1n) is 11.0. The molecule has 0 unspecified atom stereocenters. The van der Waals surface area contributed by atoms with Crippen LogP contribution in [0.2, 0.25) is 0 Å². The second kappa shape index (κ2) is 7.50. The van der Waals surface area contributed by atoms with Crippen LogP contribution in [-0.4, -0.2) is 39.0 Å². The quantitative estimate of drug-likeness (QED) is 0.458. The Bertz CT molecular complexity index is 1290. The van der Waals surface area contributed by atoms with Gasteiger partial charge in [-0.05, 0) is 36.1 Å². The molecule has 0 spiro atoms. The number of carboxylic acids is 1. The number of carbonyl (C=O) groups is 1. The van der Waals surface area contributed by atoms with Crippen molar-refractivity contribution in [2.75, 3.05) is 13.1 Å². The Morgan fingerprint density at radius 3 is 2.44 bits per heavy atom. The fourth-order valence-electron chi connectivity index (χ4n) is 4.65. The number of thiazole rings is 1. The Labute approximate surface area is 190 Å². The zero-order valence-corrected chi connectivity index (χ0v) is 18.4. The van der Waals surface area contributed by atoms with E-state index in [2.05, 4.69) is 71.6 Å². The summed E-state index contributed by atoms with van der Waals surface area (Å²) in [5, 5.41) is 10.0. The molecule has 160 valence electrons. The van der Waals surface area contributed by atoms with E-state index in [0.717, 1.165) is 46.0 Å². The maximum atomic E-state index is 11.0. The van der Waals surface area contributed by atoms with E-state index in [9.17, 15) is 4.79 Å². The Hall–Kier alpha value is -3.09. The first-order valence-corrected chi connectivity index (χ1v) is 11.8. The smallest absolute Gasteiger partial charge is 0.309 e. The summed E-state index contributed by atoms with van der Waals surface area (Å²) in [6, 6.07) is 23.4. The molecule has 1 saturated heterocycles.